The van der Waals surface area contributed by atoms with Crippen molar-refractivity contribution in [1.29, 1.82) is 0 Å². The second kappa shape index (κ2) is 5.80. The molecule has 3 rings (SSSR count). The number of aromatic nitrogens is 2. The number of ether oxygens (including phenoxy) is 1. The maximum Gasteiger partial charge on any atom is 0.408 e. The first-order valence-electron chi connectivity index (χ1n) is 7.62. The van der Waals surface area contributed by atoms with Crippen LogP contribution in [0.2, 0.25) is 0 Å². The lowest BCUT2D eigenvalue weighted by Gasteiger charge is -2.49. The number of β-lactam (4-membered cyclic amide) rings is 1. The van der Waals surface area contributed by atoms with E-state index in [4.69, 9.17) is 9.26 Å². The fourth-order valence-electron chi connectivity index (χ4n) is 2.60. The average molecular weight is 352 g/mol. The summed E-state index contributed by atoms with van der Waals surface area (Å²) < 4.78 is 10.4. The number of thioether (sulfide) groups is 1. The Balaban J connectivity index is 1.76. The summed E-state index contributed by atoms with van der Waals surface area (Å²) in [6.07, 6.45) is -0.595. The number of alkyl carbamates (subject to hydrolysis) is 1. The molecule has 0 aromatic carbocycles. The van der Waals surface area contributed by atoms with Crippen molar-refractivity contribution in [2.24, 2.45) is 0 Å². The number of rotatable bonds is 2. The van der Waals surface area contributed by atoms with Crippen molar-refractivity contribution in [3.05, 3.63) is 17.3 Å². The van der Waals surface area contributed by atoms with Gasteiger partial charge in [-0.15, -0.1) is 11.8 Å². The van der Waals surface area contributed by atoms with Crippen LogP contribution >= 0.6 is 11.8 Å². The highest BCUT2D eigenvalue weighted by molar-refractivity contribution is 8.00. The largest absolute Gasteiger partial charge is 0.444 e. The smallest absolute Gasteiger partial charge is 0.408 e. The third-order valence-electron chi connectivity index (χ3n) is 3.56. The third-order valence-corrected chi connectivity index (χ3v) is 4.99. The number of nitrogens with zero attached hydrogens (tertiary/aromatic N) is 3. The zero-order chi connectivity index (χ0) is 17.6. The van der Waals surface area contributed by atoms with Gasteiger partial charge in [0.1, 0.15) is 22.7 Å². The molecule has 130 valence electrons. The predicted molar refractivity (Wildman–Crippen MR) is 87.9 cm³/mol. The van der Waals surface area contributed by atoms with E-state index in [1.165, 1.54) is 0 Å². The standard InChI is InChI=1S/C15H20N4O4S/c1-7-6-24-13-9(17-14(21)22-15(3,4)5)12(20)19(13)10(7)11-16-8(2)18-23-11/h9,13H,6H2,1-5H3,(H,17,21)/t9-,13-/m1/s1. The molecular weight excluding hydrogens is 332 g/mol. The van der Waals surface area contributed by atoms with Crippen LogP contribution in [0, 0.1) is 6.92 Å². The highest BCUT2D eigenvalue weighted by Gasteiger charge is 2.53. The Bertz CT molecular complexity index is 721. The summed E-state index contributed by atoms with van der Waals surface area (Å²) in [6.45, 7) is 8.99. The molecule has 0 aliphatic carbocycles. The summed E-state index contributed by atoms with van der Waals surface area (Å²) in [4.78, 5) is 30.3. The minimum absolute atomic E-state index is 0.198. The highest BCUT2D eigenvalue weighted by atomic mass is 32.2. The number of hydrogen-bond donors (Lipinski definition) is 1. The van der Waals surface area contributed by atoms with E-state index in [1.54, 1.807) is 44.4 Å². The second-order valence-corrected chi connectivity index (χ2v) is 7.91. The summed E-state index contributed by atoms with van der Waals surface area (Å²) in [5.74, 6) is 1.36. The van der Waals surface area contributed by atoms with Crippen molar-refractivity contribution < 1.29 is 18.8 Å². The summed E-state index contributed by atoms with van der Waals surface area (Å²) >= 11 is 1.59. The normalized spacial score (nSPS) is 23.7. The minimum atomic E-state index is -0.614. The summed E-state index contributed by atoms with van der Waals surface area (Å²) in [6, 6.07) is -0.614. The van der Waals surface area contributed by atoms with Crippen molar-refractivity contribution in [2.45, 2.75) is 51.6 Å². The van der Waals surface area contributed by atoms with Gasteiger partial charge in [-0.05, 0) is 40.2 Å². The topological polar surface area (TPSA) is 97.6 Å². The molecule has 2 aliphatic rings. The molecule has 24 heavy (non-hydrogen) atoms. The summed E-state index contributed by atoms with van der Waals surface area (Å²) in [5.41, 5.74) is 1.02. The molecule has 1 N–H and O–H groups in total. The maximum atomic E-state index is 12.6. The second-order valence-electron chi connectivity index (χ2n) is 6.81. The lowest BCUT2D eigenvalue weighted by Crippen LogP contribution is -2.69. The molecule has 9 heteroatoms. The quantitative estimate of drug-likeness (QED) is 0.812. The first-order chi connectivity index (χ1) is 11.2. The molecule has 1 aromatic rings. The Morgan fingerprint density at radius 3 is 2.71 bits per heavy atom. The molecule has 0 radical (unpaired) electrons. The van der Waals surface area contributed by atoms with E-state index in [9.17, 15) is 9.59 Å². The number of carbonyl (C=O) groups is 2. The van der Waals surface area contributed by atoms with Gasteiger partial charge < -0.3 is 14.6 Å². The van der Waals surface area contributed by atoms with Crippen molar-refractivity contribution in [3.63, 3.8) is 0 Å². The van der Waals surface area contributed by atoms with E-state index >= 15 is 0 Å². The van der Waals surface area contributed by atoms with Gasteiger partial charge in [-0.2, -0.15) is 4.98 Å². The molecular formula is C15H20N4O4S. The van der Waals surface area contributed by atoms with E-state index < -0.39 is 17.7 Å². The molecule has 0 unspecified atom stereocenters. The fraction of sp³-hybridized carbons (Fsp3) is 0.600. The lowest BCUT2D eigenvalue weighted by molar-refractivity contribution is -0.140. The Kier molecular flexibility index (Phi) is 4.06. The zero-order valence-corrected chi connectivity index (χ0v) is 15.1. The van der Waals surface area contributed by atoms with Gasteiger partial charge in [0.2, 0.25) is 0 Å². The van der Waals surface area contributed by atoms with Crippen LogP contribution in [0.1, 0.15) is 39.4 Å². The predicted octanol–water partition coefficient (Wildman–Crippen LogP) is 1.92. The van der Waals surface area contributed by atoms with Crippen molar-refractivity contribution in [1.82, 2.24) is 20.4 Å². The van der Waals surface area contributed by atoms with Gasteiger partial charge in [-0.1, -0.05) is 5.16 Å². The van der Waals surface area contributed by atoms with Crippen LogP contribution in [0.25, 0.3) is 5.70 Å². The average Bonchev–Trinajstić information content (AvgIpc) is 2.89. The van der Waals surface area contributed by atoms with Crippen LogP contribution in [-0.4, -0.2) is 49.8 Å². The number of hydrogen-bond acceptors (Lipinski definition) is 7. The molecule has 1 aromatic heterocycles. The summed E-state index contributed by atoms with van der Waals surface area (Å²) in [5, 5.41) is 6.24. The van der Waals surface area contributed by atoms with Crippen LogP contribution in [0.4, 0.5) is 4.79 Å². The number of carbonyl (C=O) groups excluding carboxylic acids is 2. The van der Waals surface area contributed by atoms with Crippen LogP contribution in [0.15, 0.2) is 10.1 Å². The van der Waals surface area contributed by atoms with Gasteiger partial charge in [-0.25, -0.2) is 4.79 Å². The van der Waals surface area contributed by atoms with Crippen molar-refractivity contribution in [3.8, 4) is 0 Å². The zero-order valence-electron chi connectivity index (χ0n) is 14.2. The first kappa shape index (κ1) is 16.8. The molecule has 8 nitrogen and oxygen atoms in total. The van der Waals surface area contributed by atoms with E-state index in [2.05, 4.69) is 15.5 Å². The van der Waals surface area contributed by atoms with Crippen LogP contribution < -0.4 is 5.32 Å². The molecule has 2 aliphatic heterocycles. The van der Waals surface area contributed by atoms with E-state index in [0.717, 1.165) is 11.3 Å². The minimum Gasteiger partial charge on any atom is -0.444 e. The Morgan fingerprint density at radius 1 is 1.42 bits per heavy atom. The van der Waals surface area contributed by atoms with E-state index in [1.807, 2.05) is 6.92 Å². The highest BCUT2D eigenvalue weighted by Crippen LogP contribution is 2.43. The summed E-state index contributed by atoms with van der Waals surface area (Å²) in [7, 11) is 0. The van der Waals surface area contributed by atoms with Crippen LogP contribution in [-0.2, 0) is 9.53 Å². The number of aryl methyl sites for hydroxylation is 1. The molecule has 1 fully saturated rings. The number of fused-ring (bicyclic) bond motifs is 1. The van der Waals surface area contributed by atoms with Gasteiger partial charge in [0, 0.05) is 5.75 Å². The SMILES string of the molecule is CC1=C(c2nc(C)no2)N2C(=O)[C@@H](NC(=O)OC(C)(C)C)[C@H]2SC1. The van der Waals surface area contributed by atoms with Gasteiger partial charge in [0.05, 0.1) is 0 Å². The monoisotopic (exact) mass is 352 g/mol. The van der Waals surface area contributed by atoms with Gasteiger partial charge >= 0.3 is 6.09 Å². The molecule has 0 bridgehead atoms. The molecule has 0 saturated carbocycles. The van der Waals surface area contributed by atoms with Gasteiger partial charge in [-0.3, -0.25) is 9.69 Å². The molecule has 0 spiro atoms. The molecule has 2 atom stereocenters. The van der Waals surface area contributed by atoms with Crippen molar-refractivity contribution in [2.75, 3.05) is 5.75 Å². The van der Waals surface area contributed by atoms with Gasteiger partial charge in [0.25, 0.3) is 11.8 Å². The Morgan fingerprint density at radius 2 is 2.12 bits per heavy atom. The van der Waals surface area contributed by atoms with E-state index in [-0.39, 0.29) is 11.3 Å². The molecule has 1 saturated heterocycles. The Labute approximate surface area is 144 Å². The number of amides is 2. The van der Waals surface area contributed by atoms with Crippen LogP contribution in [0.5, 0.6) is 0 Å². The van der Waals surface area contributed by atoms with Gasteiger partial charge in [0.15, 0.2) is 5.82 Å². The fourth-order valence-corrected chi connectivity index (χ4v) is 3.90. The van der Waals surface area contributed by atoms with Crippen LogP contribution in [0.3, 0.4) is 0 Å². The first-order valence-corrected chi connectivity index (χ1v) is 8.67. The van der Waals surface area contributed by atoms with E-state index in [0.29, 0.717) is 17.4 Å². The Hall–Kier alpha value is -2.03. The number of nitrogens with one attached hydrogen (secondary N) is 1. The lowest BCUT2D eigenvalue weighted by atomic mass is 10.0. The maximum absolute atomic E-state index is 12.6. The third kappa shape index (κ3) is 3.00. The molecule has 3 heterocycles. The van der Waals surface area contributed by atoms with Crippen molar-refractivity contribution >= 4 is 29.5 Å². The molecule has 2 amide bonds.